The summed E-state index contributed by atoms with van der Waals surface area (Å²) in [5.74, 6) is -0.403. The number of carbonyl (C=O) groups is 1. The molecule has 2 rings (SSSR count). The molecule has 0 bridgehead atoms. The molecule has 0 saturated heterocycles. The Kier molecular flexibility index (Phi) is 4.60. The number of carbonyl (C=O) groups excluding carboxylic acids is 1. The fourth-order valence-electron chi connectivity index (χ4n) is 1.46. The van der Waals surface area contributed by atoms with E-state index in [0.29, 0.717) is 10.6 Å². The van der Waals surface area contributed by atoms with Crippen molar-refractivity contribution in [1.82, 2.24) is 0 Å². The van der Waals surface area contributed by atoms with Crippen LogP contribution in [0.15, 0.2) is 48.5 Å². The lowest BCUT2D eigenvalue weighted by Crippen LogP contribution is -2.06. The first-order chi connectivity index (χ1) is 8.66. The predicted molar refractivity (Wildman–Crippen MR) is 79.7 cm³/mol. The van der Waals surface area contributed by atoms with Crippen LogP contribution in [-0.2, 0) is 11.3 Å². The molecule has 2 aromatic carbocycles. The van der Waals surface area contributed by atoms with Crippen LogP contribution in [-0.4, -0.2) is 5.97 Å². The average molecular weight is 373 g/mol. The van der Waals surface area contributed by atoms with Crippen molar-refractivity contribution in [1.29, 1.82) is 0 Å². The Labute approximate surface area is 124 Å². The zero-order valence-electron chi connectivity index (χ0n) is 9.40. The zero-order valence-corrected chi connectivity index (χ0v) is 12.3. The highest BCUT2D eigenvalue weighted by atomic mass is 127. The lowest BCUT2D eigenvalue weighted by Gasteiger charge is -2.06. The first-order valence-corrected chi connectivity index (χ1v) is 6.78. The maximum atomic E-state index is 11.8. The van der Waals surface area contributed by atoms with E-state index in [9.17, 15) is 4.79 Å². The fraction of sp³-hybridized carbons (Fsp3) is 0.0714. The van der Waals surface area contributed by atoms with Crippen LogP contribution in [0.25, 0.3) is 0 Å². The van der Waals surface area contributed by atoms with Crippen LogP contribution < -0.4 is 0 Å². The van der Waals surface area contributed by atoms with Gasteiger partial charge in [-0.2, -0.15) is 0 Å². The van der Waals surface area contributed by atoms with Gasteiger partial charge in [0.15, 0.2) is 0 Å². The number of benzene rings is 2. The van der Waals surface area contributed by atoms with Crippen molar-refractivity contribution < 1.29 is 9.53 Å². The van der Waals surface area contributed by atoms with Crippen molar-refractivity contribution in [2.45, 2.75) is 6.61 Å². The van der Waals surface area contributed by atoms with Crippen LogP contribution in [0.4, 0.5) is 0 Å². The Bertz CT molecular complexity index is 555. The second-order valence-corrected chi connectivity index (χ2v) is 5.34. The number of ether oxygens (including phenoxy) is 1. The third-order valence-electron chi connectivity index (χ3n) is 2.36. The van der Waals surface area contributed by atoms with Crippen LogP contribution in [0, 0.1) is 3.57 Å². The van der Waals surface area contributed by atoms with E-state index in [0.717, 1.165) is 9.13 Å². The number of hydrogen-bond donors (Lipinski definition) is 0. The molecule has 0 radical (unpaired) electrons. The molecule has 92 valence electrons. The summed E-state index contributed by atoms with van der Waals surface area (Å²) >= 11 is 8.14. The third kappa shape index (κ3) is 3.46. The summed E-state index contributed by atoms with van der Waals surface area (Å²) in [6, 6.07) is 14.8. The molecule has 18 heavy (non-hydrogen) atoms. The molecule has 4 heteroatoms. The van der Waals surface area contributed by atoms with Crippen molar-refractivity contribution in [2.75, 3.05) is 0 Å². The molecule has 2 aromatic rings. The van der Waals surface area contributed by atoms with Crippen LogP contribution in [0.1, 0.15) is 15.9 Å². The van der Waals surface area contributed by atoms with E-state index < -0.39 is 5.97 Å². The maximum absolute atomic E-state index is 11.8. The van der Waals surface area contributed by atoms with Crippen molar-refractivity contribution in [3.63, 3.8) is 0 Å². The van der Waals surface area contributed by atoms with E-state index in [2.05, 4.69) is 22.6 Å². The Morgan fingerprint density at radius 1 is 1.17 bits per heavy atom. The Morgan fingerprint density at radius 3 is 2.56 bits per heavy atom. The number of hydrogen-bond acceptors (Lipinski definition) is 2. The molecule has 0 saturated carbocycles. The highest BCUT2D eigenvalue weighted by Gasteiger charge is 2.11. The lowest BCUT2D eigenvalue weighted by atomic mass is 10.2. The molecule has 0 heterocycles. The first kappa shape index (κ1) is 13.4. The summed E-state index contributed by atoms with van der Waals surface area (Å²) in [5.41, 5.74) is 1.35. The van der Waals surface area contributed by atoms with Gasteiger partial charge in [-0.25, -0.2) is 4.79 Å². The van der Waals surface area contributed by atoms with E-state index >= 15 is 0 Å². The summed E-state index contributed by atoms with van der Waals surface area (Å²) in [6.07, 6.45) is 0. The first-order valence-electron chi connectivity index (χ1n) is 5.33. The van der Waals surface area contributed by atoms with Crippen LogP contribution >= 0.6 is 34.2 Å². The summed E-state index contributed by atoms with van der Waals surface area (Å²) in [7, 11) is 0. The molecular formula is C14H10ClIO2. The van der Waals surface area contributed by atoms with Crippen molar-refractivity contribution in [2.24, 2.45) is 0 Å². The Morgan fingerprint density at radius 2 is 1.89 bits per heavy atom. The largest absolute Gasteiger partial charge is 0.457 e. The van der Waals surface area contributed by atoms with E-state index in [1.807, 2.05) is 36.4 Å². The van der Waals surface area contributed by atoms with Gasteiger partial charge in [0.25, 0.3) is 0 Å². The van der Waals surface area contributed by atoms with Gasteiger partial charge in [-0.15, -0.1) is 0 Å². The highest BCUT2D eigenvalue weighted by molar-refractivity contribution is 14.1. The zero-order chi connectivity index (χ0) is 13.0. The monoisotopic (exact) mass is 372 g/mol. The molecule has 0 unspecified atom stereocenters. The van der Waals surface area contributed by atoms with Crippen molar-refractivity contribution in [3.05, 3.63) is 68.3 Å². The van der Waals surface area contributed by atoms with Crippen LogP contribution in [0.3, 0.4) is 0 Å². The SMILES string of the molecule is O=C(OCc1ccccc1)c1ccc(I)cc1Cl. The van der Waals surface area contributed by atoms with Gasteiger partial charge in [-0.05, 0) is 46.4 Å². The summed E-state index contributed by atoms with van der Waals surface area (Å²) in [4.78, 5) is 11.8. The Hall–Kier alpha value is -1.07. The highest BCUT2D eigenvalue weighted by Crippen LogP contribution is 2.20. The number of rotatable bonds is 3. The van der Waals surface area contributed by atoms with Crippen molar-refractivity contribution >= 4 is 40.2 Å². The molecule has 0 fully saturated rings. The second kappa shape index (κ2) is 6.20. The molecule has 0 aliphatic heterocycles. The minimum Gasteiger partial charge on any atom is -0.457 e. The molecule has 0 amide bonds. The smallest absolute Gasteiger partial charge is 0.339 e. The normalized spacial score (nSPS) is 10.1. The van der Waals surface area contributed by atoms with E-state index in [-0.39, 0.29) is 6.61 Å². The number of esters is 1. The van der Waals surface area contributed by atoms with Crippen LogP contribution in [0.2, 0.25) is 5.02 Å². The summed E-state index contributed by atoms with van der Waals surface area (Å²) < 4.78 is 6.19. The second-order valence-electron chi connectivity index (χ2n) is 3.69. The lowest BCUT2D eigenvalue weighted by molar-refractivity contribution is 0.0473. The van der Waals surface area contributed by atoms with Gasteiger partial charge in [0.2, 0.25) is 0 Å². The molecule has 0 atom stereocenters. The van der Waals surface area contributed by atoms with E-state index in [4.69, 9.17) is 16.3 Å². The van der Waals surface area contributed by atoms with Gasteiger partial charge >= 0.3 is 5.97 Å². The topological polar surface area (TPSA) is 26.3 Å². The van der Waals surface area contributed by atoms with Crippen molar-refractivity contribution in [3.8, 4) is 0 Å². The fourth-order valence-corrected chi connectivity index (χ4v) is 2.39. The molecule has 2 nitrogen and oxygen atoms in total. The van der Waals surface area contributed by atoms with Gasteiger partial charge in [0.05, 0.1) is 10.6 Å². The molecule has 0 aromatic heterocycles. The minimum atomic E-state index is -0.403. The summed E-state index contributed by atoms with van der Waals surface area (Å²) in [6.45, 7) is 0.252. The Balaban J connectivity index is 2.04. The molecule has 0 N–H and O–H groups in total. The minimum absolute atomic E-state index is 0.252. The number of halogens is 2. The quantitative estimate of drug-likeness (QED) is 0.593. The summed E-state index contributed by atoms with van der Waals surface area (Å²) in [5, 5.41) is 0.417. The third-order valence-corrected chi connectivity index (χ3v) is 3.35. The molecule has 0 aliphatic rings. The average Bonchev–Trinajstić information content (AvgIpc) is 2.37. The van der Waals surface area contributed by atoms with Gasteiger partial charge in [-0.3, -0.25) is 0 Å². The van der Waals surface area contributed by atoms with E-state index in [1.54, 1.807) is 12.1 Å². The van der Waals surface area contributed by atoms with E-state index in [1.165, 1.54) is 0 Å². The van der Waals surface area contributed by atoms with Gasteiger partial charge < -0.3 is 4.74 Å². The standard InChI is InChI=1S/C14H10ClIO2/c15-13-8-11(16)6-7-12(13)14(17)18-9-10-4-2-1-3-5-10/h1-8H,9H2. The van der Waals surface area contributed by atoms with Gasteiger partial charge in [0.1, 0.15) is 6.61 Å². The predicted octanol–water partition coefficient (Wildman–Crippen LogP) is 4.30. The van der Waals surface area contributed by atoms with Gasteiger partial charge in [0, 0.05) is 3.57 Å². The van der Waals surface area contributed by atoms with Crippen LogP contribution in [0.5, 0.6) is 0 Å². The molecule has 0 spiro atoms. The van der Waals surface area contributed by atoms with Gasteiger partial charge in [-0.1, -0.05) is 41.9 Å². The molecular weight excluding hydrogens is 363 g/mol. The molecule has 0 aliphatic carbocycles. The maximum Gasteiger partial charge on any atom is 0.339 e.